The number of phenols is 2. The van der Waals surface area contributed by atoms with E-state index >= 15 is 0 Å². The number of hydrogen-bond acceptors (Lipinski definition) is 4. The van der Waals surface area contributed by atoms with Gasteiger partial charge in [0.2, 0.25) is 0 Å². The maximum Gasteiger partial charge on any atom is 0.124 e. The Hall–Kier alpha value is -5.22. The Morgan fingerprint density at radius 1 is 0.477 bits per heavy atom. The van der Waals surface area contributed by atoms with E-state index in [1.54, 1.807) is 24.6 Å². The smallest absolute Gasteiger partial charge is 0.124 e. The van der Waals surface area contributed by atoms with Crippen molar-refractivity contribution in [2.45, 2.75) is 37.5 Å². The molecule has 6 aromatic carbocycles. The van der Waals surface area contributed by atoms with Crippen LogP contribution in [0.1, 0.15) is 54.4 Å². The van der Waals surface area contributed by atoms with Gasteiger partial charge in [0.25, 0.3) is 0 Å². The van der Waals surface area contributed by atoms with Crippen LogP contribution in [0.25, 0.3) is 21.5 Å². The van der Waals surface area contributed by atoms with Crippen LogP contribution in [-0.2, 0) is 5.41 Å². The van der Waals surface area contributed by atoms with Crippen molar-refractivity contribution in [1.29, 1.82) is 0 Å². The molecule has 4 nitrogen and oxygen atoms in total. The molecule has 0 unspecified atom stereocenters. The molecule has 0 aliphatic heterocycles. The van der Waals surface area contributed by atoms with E-state index in [9.17, 15) is 10.2 Å². The van der Waals surface area contributed by atoms with Gasteiger partial charge in [-0.2, -0.15) is 0 Å². The molecule has 44 heavy (non-hydrogen) atoms. The van der Waals surface area contributed by atoms with Crippen LogP contribution >= 0.6 is 0 Å². The molecule has 6 aromatic rings. The lowest BCUT2D eigenvalue weighted by atomic mass is 9.65. The molecule has 1 saturated carbocycles. The molecule has 0 radical (unpaired) electrons. The Balaban J connectivity index is 1.15. The predicted octanol–water partition coefficient (Wildman–Crippen LogP) is 10.2. The van der Waals surface area contributed by atoms with E-state index in [0.29, 0.717) is 0 Å². The van der Waals surface area contributed by atoms with Gasteiger partial charge in [-0.05, 0) is 81.9 Å². The van der Waals surface area contributed by atoms with Gasteiger partial charge >= 0.3 is 0 Å². The summed E-state index contributed by atoms with van der Waals surface area (Å²) in [4.78, 5) is 9.47. The highest BCUT2D eigenvalue weighted by molar-refractivity contribution is 6.03. The van der Waals surface area contributed by atoms with Crippen LogP contribution in [0.15, 0.2) is 131 Å². The summed E-state index contributed by atoms with van der Waals surface area (Å²) in [7, 11) is 0. The third-order valence-corrected chi connectivity index (χ3v) is 9.13. The number of fused-ring (bicyclic) bond motifs is 2. The first-order valence-corrected chi connectivity index (χ1v) is 15.3. The number of nitrogens with zero attached hydrogens (tertiary/aromatic N) is 2. The summed E-state index contributed by atoms with van der Waals surface area (Å²) < 4.78 is 0. The van der Waals surface area contributed by atoms with Crippen LogP contribution in [0.4, 0.5) is 11.4 Å². The van der Waals surface area contributed by atoms with Crippen molar-refractivity contribution in [2.24, 2.45) is 9.98 Å². The van der Waals surface area contributed by atoms with Gasteiger partial charge in [-0.15, -0.1) is 0 Å². The number of benzene rings is 6. The first kappa shape index (κ1) is 27.6. The van der Waals surface area contributed by atoms with Crippen LogP contribution in [0.3, 0.4) is 0 Å². The van der Waals surface area contributed by atoms with Crippen molar-refractivity contribution in [3.05, 3.63) is 144 Å². The van der Waals surface area contributed by atoms with E-state index in [0.717, 1.165) is 56.9 Å². The SMILES string of the molecule is Oc1ccc2ccccc2c1C=Nc1ccc(C2(c3ccc(N=Cc4c(O)ccc5ccccc45)cc3)CCCCC2)cc1. The molecule has 2 N–H and O–H groups in total. The van der Waals surface area contributed by atoms with Gasteiger partial charge in [0.05, 0.1) is 11.4 Å². The molecule has 1 aliphatic carbocycles. The molecule has 0 aromatic heterocycles. The largest absolute Gasteiger partial charge is 0.507 e. The zero-order valence-electron chi connectivity index (χ0n) is 24.5. The zero-order valence-corrected chi connectivity index (χ0v) is 24.5. The normalized spacial score (nSPS) is 15.0. The van der Waals surface area contributed by atoms with E-state index in [4.69, 9.17) is 9.98 Å². The standard InChI is InChI=1S/C40H34N2O2/c43-38-22-12-28-8-2-4-10-34(28)36(38)26-41-32-18-14-30(15-19-32)40(24-6-1-7-25-40)31-16-20-33(21-17-31)42-27-37-35-11-5-3-9-29(35)13-23-39(37)44/h2-5,8-23,26-27,43-44H,1,6-7,24-25H2. The minimum absolute atomic E-state index is 0.0511. The van der Waals surface area contributed by atoms with Crippen molar-refractivity contribution >= 4 is 45.3 Å². The fraction of sp³-hybridized carbons (Fsp3) is 0.150. The average Bonchev–Trinajstić information content (AvgIpc) is 3.08. The molecule has 4 heteroatoms. The van der Waals surface area contributed by atoms with Crippen LogP contribution in [-0.4, -0.2) is 22.6 Å². The summed E-state index contributed by atoms with van der Waals surface area (Å²) in [6.45, 7) is 0. The second kappa shape index (κ2) is 11.8. The maximum absolute atomic E-state index is 10.5. The minimum Gasteiger partial charge on any atom is -0.507 e. The van der Waals surface area contributed by atoms with Crippen molar-refractivity contribution in [3.8, 4) is 11.5 Å². The molecule has 0 bridgehead atoms. The fourth-order valence-electron chi connectivity index (χ4n) is 6.75. The van der Waals surface area contributed by atoms with Gasteiger partial charge < -0.3 is 10.2 Å². The highest BCUT2D eigenvalue weighted by Gasteiger charge is 2.35. The Morgan fingerprint density at radius 3 is 1.36 bits per heavy atom. The topological polar surface area (TPSA) is 65.2 Å². The Kier molecular flexibility index (Phi) is 7.41. The number of aromatic hydroxyl groups is 2. The number of aliphatic imine (C=N–C) groups is 2. The molecule has 0 heterocycles. The summed E-state index contributed by atoms with van der Waals surface area (Å²) >= 11 is 0. The summed E-state index contributed by atoms with van der Waals surface area (Å²) in [5.74, 6) is 0.457. The lowest BCUT2D eigenvalue weighted by Crippen LogP contribution is -2.30. The van der Waals surface area contributed by atoms with Crippen molar-refractivity contribution in [1.82, 2.24) is 0 Å². The van der Waals surface area contributed by atoms with Crippen LogP contribution in [0.2, 0.25) is 0 Å². The molecule has 0 amide bonds. The van der Waals surface area contributed by atoms with Gasteiger partial charge in [0.15, 0.2) is 0 Å². The highest BCUT2D eigenvalue weighted by Crippen LogP contribution is 2.45. The van der Waals surface area contributed by atoms with Gasteiger partial charge in [0, 0.05) is 29.0 Å². The first-order valence-electron chi connectivity index (χ1n) is 15.3. The van der Waals surface area contributed by atoms with E-state index in [1.165, 1.54) is 30.4 Å². The Labute approximate surface area is 257 Å². The summed E-state index contributed by atoms with van der Waals surface area (Å²) in [6, 6.07) is 40.6. The molecule has 1 aliphatic rings. The van der Waals surface area contributed by atoms with Crippen LogP contribution < -0.4 is 0 Å². The third-order valence-electron chi connectivity index (χ3n) is 9.13. The van der Waals surface area contributed by atoms with E-state index < -0.39 is 0 Å². The lowest BCUT2D eigenvalue weighted by molar-refractivity contribution is 0.346. The highest BCUT2D eigenvalue weighted by atomic mass is 16.3. The average molecular weight is 575 g/mol. The Morgan fingerprint density at radius 2 is 0.909 bits per heavy atom. The van der Waals surface area contributed by atoms with Crippen LogP contribution in [0.5, 0.6) is 11.5 Å². The monoisotopic (exact) mass is 574 g/mol. The van der Waals surface area contributed by atoms with Crippen molar-refractivity contribution in [3.63, 3.8) is 0 Å². The molecule has 0 saturated heterocycles. The maximum atomic E-state index is 10.5. The van der Waals surface area contributed by atoms with Gasteiger partial charge in [-0.1, -0.05) is 104 Å². The van der Waals surface area contributed by atoms with Gasteiger partial charge in [-0.25, -0.2) is 0 Å². The number of phenolic OH excluding ortho intramolecular Hbond substituents is 2. The van der Waals surface area contributed by atoms with E-state index in [1.807, 2.05) is 60.7 Å². The summed E-state index contributed by atoms with van der Waals surface area (Å²) in [6.07, 6.45) is 9.38. The summed E-state index contributed by atoms with van der Waals surface area (Å²) in [5.41, 5.74) is 5.73. The zero-order chi connectivity index (χ0) is 29.9. The molecule has 0 atom stereocenters. The molecule has 1 fully saturated rings. The van der Waals surface area contributed by atoms with Crippen molar-refractivity contribution < 1.29 is 10.2 Å². The van der Waals surface area contributed by atoms with E-state index in [2.05, 4.69) is 48.5 Å². The molecular weight excluding hydrogens is 540 g/mol. The molecule has 0 spiro atoms. The Bertz CT molecular complexity index is 1860. The third kappa shape index (κ3) is 5.24. The number of rotatable bonds is 6. The fourth-order valence-corrected chi connectivity index (χ4v) is 6.75. The second-order valence-electron chi connectivity index (χ2n) is 11.7. The second-order valence-corrected chi connectivity index (χ2v) is 11.7. The van der Waals surface area contributed by atoms with Crippen LogP contribution in [0, 0.1) is 0 Å². The minimum atomic E-state index is -0.0511. The lowest BCUT2D eigenvalue weighted by Gasteiger charge is -2.38. The van der Waals surface area contributed by atoms with E-state index in [-0.39, 0.29) is 16.9 Å². The molecular formula is C40H34N2O2. The predicted molar refractivity (Wildman–Crippen MR) is 182 cm³/mol. The van der Waals surface area contributed by atoms with Crippen molar-refractivity contribution in [2.75, 3.05) is 0 Å². The van der Waals surface area contributed by atoms with Gasteiger partial charge in [-0.3, -0.25) is 9.98 Å². The summed E-state index contributed by atoms with van der Waals surface area (Å²) in [5, 5.41) is 25.1. The first-order chi connectivity index (χ1) is 21.6. The number of hydrogen-bond donors (Lipinski definition) is 2. The van der Waals surface area contributed by atoms with Gasteiger partial charge in [0.1, 0.15) is 11.5 Å². The quantitative estimate of drug-likeness (QED) is 0.194. The molecule has 216 valence electrons. The molecule has 7 rings (SSSR count).